The van der Waals surface area contributed by atoms with Crippen LogP contribution in [0.2, 0.25) is 0 Å². The van der Waals surface area contributed by atoms with E-state index in [1.165, 1.54) is 12.8 Å². The second kappa shape index (κ2) is 8.32. The van der Waals surface area contributed by atoms with Gasteiger partial charge in [-0.3, -0.25) is 4.79 Å². The molecule has 1 saturated heterocycles. The van der Waals surface area contributed by atoms with Crippen LogP contribution in [0.3, 0.4) is 0 Å². The van der Waals surface area contributed by atoms with Crippen molar-refractivity contribution in [1.29, 1.82) is 0 Å². The van der Waals surface area contributed by atoms with Crippen LogP contribution in [0, 0.1) is 4.77 Å². The maximum Gasteiger partial charge on any atom is 0.242 e. The van der Waals surface area contributed by atoms with Crippen LogP contribution in [0.25, 0.3) is 5.69 Å². The normalized spacial score (nSPS) is 15.0. The number of amides is 1. The summed E-state index contributed by atoms with van der Waals surface area (Å²) in [5, 5.41) is 17.6. The standard InChI is InChI=1S/C16H23N7OS/c1-21(22-10-2-3-11-22)9-5-8-15(24)17-13-6-4-7-14(12-13)23-16(25)18-19-20-23/h4,6-7,12H,2-3,5,8-11H2,1H3,(H,17,24)(H,18,20,25). The van der Waals surface area contributed by atoms with Gasteiger partial charge in [0.1, 0.15) is 0 Å². The summed E-state index contributed by atoms with van der Waals surface area (Å²) in [4.78, 5) is 12.2. The summed E-state index contributed by atoms with van der Waals surface area (Å²) in [7, 11) is 2.09. The van der Waals surface area contributed by atoms with E-state index in [9.17, 15) is 4.79 Å². The minimum absolute atomic E-state index is 0.0123. The topological polar surface area (TPSA) is 82.1 Å². The molecule has 2 heterocycles. The van der Waals surface area contributed by atoms with Crippen molar-refractivity contribution in [3.05, 3.63) is 29.0 Å². The third kappa shape index (κ3) is 4.71. The average Bonchev–Trinajstić information content (AvgIpc) is 3.26. The van der Waals surface area contributed by atoms with Gasteiger partial charge in [-0.15, -0.1) is 0 Å². The lowest BCUT2D eigenvalue weighted by molar-refractivity contribution is -0.116. The Morgan fingerprint density at radius 1 is 1.40 bits per heavy atom. The summed E-state index contributed by atoms with van der Waals surface area (Å²) >= 11 is 5.09. The molecule has 134 valence electrons. The monoisotopic (exact) mass is 361 g/mol. The van der Waals surface area contributed by atoms with Crippen LogP contribution in [-0.4, -0.2) is 62.8 Å². The van der Waals surface area contributed by atoms with Crippen molar-refractivity contribution >= 4 is 23.8 Å². The predicted octanol–water partition coefficient (Wildman–Crippen LogP) is 1.99. The molecule has 1 aliphatic rings. The Labute approximate surface area is 151 Å². The van der Waals surface area contributed by atoms with E-state index in [1.54, 1.807) is 4.68 Å². The molecule has 0 aliphatic carbocycles. The molecule has 1 aromatic carbocycles. The smallest absolute Gasteiger partial charge is 0.242 e. The number of nitrogens with one attached hydrogen (secondary N) is 2. The van der Waals surface area contributed by atoms with Crippen LogP contribution in [0.15, 0.2) is 24.3 Å². The number of nitrogens with zero attached hydrogens (tertiary/aromatic N) is 5. The highest BCUT2D eigenvalue weighted by Crippen LogP contribution is 2.15. The van der Waals surface area contributed by atoms with Gasteiger partial charge in [-0.25, -0.2) is 14.7 Å². The molecule has 1 aromatic heterocycles. The number of rotatable bonds is 7. The first-order valence-electron chi connectivity index (χ1n) is 8.50. The van der Waals surface area contributed by atoms with E-state index in [1.807, 2.05) is 24.3 Å². The second-order valence-electron chi connectivity index (χ2n) is 6.16. The minimum Gasteiger partial charge on any atom is -0.326 e. The van der Waals surface area contributed by atoms with E-state index in [4.69, 9.17) is 12.2 Å². The molecule has 1 aliphatic heterocycles. The Morgan fingerprint density at radius 2 is 2.20 bits per heavy atom. The predicted molar refractivity (Wildman–Crippen MR) is 97.8 cm³/mol. The Kier molecular flexibility index (Phi) is 5.90. The number of hydrogen-bond donors (Lipinski definition) is 2. The van der Waals surface area contributed by atoms with E-state index >= 15 is 0 Å². The van der Waals surface area contributed by atoms with Crippen LogP contribution >= 0.6 is 12.2 Å². The average molecular weight is 361 g/mol. The van der Waals surface area contributed by atoms with Crippen molar-refractivity contribution in [2.75, 3.05) is 32.0 Å². The highest BCUT2D eigenvalue weighted by Gasteiger charge is 2.15. The van der Waals surface area contributed by atoms with Crippen molar-refractivity contribution in [3.63, 3.8) is 0 Å². The summed E-state index contributed by atoms with van der Waals surface area (Å²) < 4.78 is 1.92. The number of carbonyl (C=O) groups excluding carboxylic acids is 1. The number of aromatic nitrogens is 4. The molecular weight excluding hydrogens is 338 g/mol. The summed E-state index contributed by atoms with van der Waals surface area (Å²) in [6, 6.07) is 7.42. The van der Waals surface area contributed by atoms with Gasteiger partial charge in [0.15, 0.2) is 0 Å². The van der Waals surface area contributed by atoms with Crippen molar-refractivity contribution in [2.45, 2.75) is 25.7 Å². The molecule has 0 saturated carbocycles. The summed E-state index contributed by atoms with van der Waals surface area (Å²) in [6.07, 6.45) is 3.84. The van der Waals surface area contributed by atoms with Gasteiger partial charge in [0.2, 0.25) is 10.7 Å². The summed E-state index contributed by atoms with van der Waals surface area (Å²) in [5.74, 6) is 0.0123. The molecule has 25 heavy (non-hydrogen) atoms. The van der Waals surface area contributed by atoms with Crippen LogP contribution in [0.1, 0.15) is 25.7 Å². The number of tetrazole rings is 1. The molecule has 0 unspecified atom stereocenters. The van der Waals surface area contributed by atoms with Gasteiger partial charge in [0.25, 0.3) is 0 Å². The zero-order valence-electron chi connectivity index (χ0n) is 14.3. The van der Waals surface area contributed by atoms with Gasteiger partial charge < -0.3 is 5.32 Å². The van der Waals surface area contributed by atoms with Gasteiger partial charge in [-0.05, 0) is 49.7 Å². The fraction of sp³-hybridized carbons (Fsp3) is 0.500. The maximum atomic E-state index is 12.2. The third-order valence-electron chi connectivity index (χ3n) is 4.31. The van der Waals surface area contributed by atoms with Crippen LogP contribution in [0.5, 0.6) is 0 Å². The largest absolute Gasteiger partial charge is 0.326 e. The fourth-order valence-corrected chi connectivity index (χ4v) is 3.15. The van der Waals surface area contributed by atoms with Gasteiger partial charge in [0.05, 0.1) is 5.69 Å². The van der Waals surface area contributed by atoms with E-state index in [0.29, 0.717) is 11.2 Å². The molecule has 0 spiro atoms. The number of hydrazine groups is 1. The van der Waals surface area contributed by atoms with Crippen LogP contribution in [0.4, 0.5) is 5.69 Å². The van der Waals surface area contributed by atoms with E-state index in [-0.39, 0.29) is 5.91 Å². The van der Waals surface area contributed by atoms with E-state index < -0.39 is 0 Å². The molecule has 2 N–H and O–H groups in total. The van der Waals surface area contributed by atoms with Gasteiger partial charge in [0, 0.05) is 38.8 Å². The van der Waals surface area contributed by atoms with Crippen molar-refractivity contribution in [3.8, 4) is 5.69 Å². The van der Waals surface area contributed by atoms with Crippen molar-refractivity contribution in [2.24, 2.45) is 0 Å². The van der Waals surface area contributed by atoms with Crippen LogP contribution < -0.4 is 5.32 Å². The Hall–Kier alpha value is -2.10. The molecule has 9 heteroatoms. The van der Waals surface area contributed by atoms with Crippen LogP contribution in [-0.2, 0) is 4.79 Å². The zero-order chi connectivity index (χ0) is 17.6. The first-order chi connectivity index (χ1) is 12.1. The molecule has 8 nitrogen and oxygen atoms in total. The molecule has 0 bridgehead atoms. The first-order valence-corrected chi connectivity index (χ1v) is 8.91. The molecule has 1 fully saturated rings. The highest BCUT2D eigenvalue weighted by atomic mass is 32.1. The minimum atomic E-state index is 0.0123. The first kappa shape index (κ1) is 17.7. The quantitative estimate of drug-likeness (QED) is 0.734. The number of carbonyl (C=O) groups is 1. The lowest BCUT2D eigenvalue weighted by atomic mass is 10.2. The highest BCUT2D eigenvalue weighted by molar-refractivity contribution is 7.71. The summed E-state index contributed by atoms with van der Waals surface area (Å²) in [5.41, 5.74) is 1.51. The lowest BCUT2D eigenvalue weighted by Gasteiger charge is -2.27. The Balaban J connectivity index is 1.49. The Morgan fingerprint density at radius 3 is 2.92 bits per heavy atom. The van der Waals surface area contributed by atoms with Crippen molar-refractivity contribution < 1.29 is 4.79 Å². The number of aromatic amines is 1. The number of hydrogen-bond acceptors (Lipinski definition) is 6. The molecular formula is C16H23N7OS. The number of benzene rings is 1. The third-order valence-corrected chi connectivity index (χ3v) is 4.57. The maximum absolute atomic E-state index is 12.2. The summed E-state index contributed by atoms with van der Waals surface area (Å²) in [6.45, 7) is 3.14. The fourth-order valence-electron chi connectivity index (χ4n) is 2.96. The Bertz CT molecular complexity index is 766. The van der Waals surface area contributed by atoms with Gasteiger partial charge in [-0.1, -0.05) is 16.4 Å². The molecule has 0 radical (unpaired) electrons. The molecule has 0 atom stereocenters. The van der Waals surface area contributed by atoms with Gasteiger partial charge in [-0.2, -0.15) is 5.21 Å². The van der Waals surface area contributed by atoms with Gasteiger partial charge >= 0.3 is 0 Å². The van der Waals surface area contributed by atoms with E-state index in [0.717, 1.165) is 37.4 Å². The van der Waals surface area contributed by atoms with E-state index in [2.05, 4.69) is 37.9 Å². The zero-order valence-corrected chi connectivity index (χ0v) is 15.1. The molecule has 2 aromatic rings. The van der Waals surface area contributed by atoms with Crippen molar-refractivity contribution in [1.82, 2.24) is 30.2 Å². The SMILES string of the molecule is CN(CCCC(=O)Nc1cccc(-n2[nH]nnc2=S)c1)N1CCCC1. The molecule has 3 rings (SSSR count). The lowest BCUT2D eigenvalue weighted by Crippen LogP contribution is -2.38. The number of anilines is 1. The second-order valence-corrected chi connectivity index (χ2v) is 6.53. The molecule has 1 amide bonds. The number of H-pyrrole nitrogens is 1.